The minimum atomic E-state index is 0.00653. The average Bonchev–Trinajstić information content (AvgIpc) is 3.94. The second-order valence-corrected chi connectivity index (χ2v) is 18.4. The maximum Gasteiger partial charge on any atom is 0.235 e. The summed E-state index contributed by atoms with van der Waals surface area (Å²) in [5.74, 6) is 0.655. The monoisotopic (exact) mass is 786 g/mol. The molecule has 0 amide bonds. The lowest BCUT2D eigenvalue weighted by atomic mass is 9.63. The van der Waals surface area contributed by atoms with Crippen LogP contribution in [0.25, 0.3) is 110 Å². The van der Waals surface area contributed by atoms with Crippen molar-refractivity contribution in [2.45, 2.75) is 51.4 Å². The van der Waals surface area contributed by atoms with Crippen LogP contribution in [0.1, 0.15) is 51.7 Å². The van der Waals surface area contributed by atoms with Crippen molar-refractivity contribution in [1.82, 2.24) is 19.1 Å². The minimum Gasteiger partial charge on any atom is -0.456 e. The van der Waals surface area contributed by atoms with Gasteiger partial charge in [0.05, 0.1) is 33.3 Å². The highest BCUT2D eigenvalue weighted by molar-refractivity contribution is 6.33. The number of para-hydroxylation sites is 3. The molecule has 5 nitrogen and oxygen atoms in total. The molecule has 0 bridgehead atoms. The predicted molar refractivity (Wildman–Crippen MR) is 254 cm³/mol. The molecule has 4 aromatic heterocycles. The van der Waals surface area contributed by atoms with Crippen LogP contribution < -0.4 is 0 Å². The van der Waals surface area contributed by atoms with Crippen molar-refractivity contribution >= 4 is 87.2 Å². The minimum absolute atomic E-state index is 0.00653. The van der Waals surface area contributed by atoms with Gasteiger partial charge in [-0.25, -0.2) is 9.97 Å². The lowest BCUT2D eigenvalue weighted by molar-refractivity contribution is 0.332. The molecular formula is C56H42N4O. The molecule has 4 heterocycles. The van der Waals surface area contributed by atoms with Crippen molar-refractivity contribution in [2.75, 3.05) is 0 Å². The average molecular weight is 787 g/mol. The molecule has 0 saturated heterocycles. The van der Waals surface area contributed by atoms with Crippen LogP contribution in [0.3, 0.4) is 0 Å². The molecule has 0 fully saturated rings. The van der Waals surface area contributed by atoms with Crippen LogP contribution in [0.4, 0.5) is 0 Å². The van der Waals surface area contributed by atoms with E-state index in [1.54, 1.807) is 0 Å². The third-order valence-electron chi connectivity index (χ3n) is 14.0. The molecule has 0 atom stereocenters. The van der Waals surface area contributed by atoms with E-state index in [0.29, 0.717) is 5.95 Å². The van der Waals surface area contributed by atoms with E-state index < -0.39 is 0 Å². The second kappa shape index (κ2) is 12.2. The Hall–Kier alpha value is -7.24. The van der Waals surface area contributed by atoms with Crippen LogP contribution in [-0.2, 0) is 10.8 Å². The van der Waals surface area contributed by atoms with Gasteiger partial charge >= 0.3 is 0 Å². The molecule has 61 heavy (non-hydrogen) atoms. The molecule has 12 aromatic rings. The van der Waals surface area contributed by atoms with Crippen LogP contribution in [0, 0.1) is 0 Å². The lowest BCUT2D eigenvalue weighted by Crippen LogP contribution is -2.33. The van der Waals surface area contributed by atoms with Crippen LogP contribution in [-0.4, -0.2) is 19.1 Å². The Morgan fingerprint density at radius 2 is 1.08 bits per heavy atom. The van der Waals surface area contributed by atoms with Gasteiger partial charge in [0, 0.05) is 49.0 Å². The molecular weight excluding hydrogens is 745 g/mol. The van der Waals surface area contributed by atoms with Gasteiger partial charge in [-0.15, -0.1) is 0 Å². The first kappa shape index (κ1) is 34.6. The normalized spacial score (nSPS) is 15.0. The van der Waals surface area contributed by atoms with Crippen molar-refractivity contribution in [3.63, 3.8) is 0 Å². The van der Waals surface area contributed by atoms with Gasteiger partial charge in [-0.05, 0) is 112 Å². The zero-order valence-corrected chi connectivity index (χ0v) is 34.6. The van der Waals surface area contributed by atoms with Crippen LogP contribution in [0.15, 0.2) is 162 Å². The molecule has 1 aliphatic carbocycles. The summed E-state index contributed by atoms with van der Waals surface area (Å²) >= 11 is 0. The fourth-order valence-corrected chi connectivity index (χ4v) is 10.8. The van der Waals surface area contributed by atoms with E-state index in [-0.39, 0.29) is 10.8 Å². The molecule has 0 unspecified atom stereocenters. The highest BCUT2D eigenvalue weighted by Gasteiger charge is 2.38. The van der Waals surface area contributed by atoms with Crippen molar-refractivity contribution < 1.29 is 4.42 Å². The molecule has 0 spiro atoms. The molecule has 0 saturated carbocycles. The Kier molecular flexibility index (Phi) is 6.91. The fraction of sp³-hybridized carbons (Fsp3) is 0.143. The molecule has 292 valence electrons. The first-order valence-corrected chi connectivity index (χ1v) is 21.5. The topological polar surface area (TPSA) is 48.8 Å². The predicted octanol–water partition coefficient (Wildman–Crippen LogP) is 14.9. The van der Waals surface area contributed by atoms with Gasteiger partial charge in [-0.2, -0.15) is 0 Å². The summed E-state index contributed by atoms with van der Waals surface area (Å²) in [4.78, 5) is 11.0. The number of aromatic nitrogens is 4. The molecule has 0 N–H and O–H groups in total. The molecule has 1 aliphatic rings. The van der Waals surface area contributed by atoms with Crippen molar-refractivity contribution in [2.24, 2.45) is 0 Å². The van der Waals surface area contributed by atoms with E-state index in [9.17, 15) is 0 Å². The van der Waals surface area contributed by atoms with E-state index in [1.165, 1.54) is 54.5 Å². The number of nitrogens with zero attached hydrogens (tertiary/aromatic N) is 4. The summed E-state index contributed by atoms with van der Waals surface area (Å²) in [5, 5.41) is 10.7. The van der Waals surface area contributed by atoms with Gasteiger partial charge in [0.25, 0.3) is 0 Å². The highest BCUT2D eigenvalue weighted by atomic mass is 16.3. The molecule has 5 heteroatoms. The van der Waals surface area contributed by atoms with E-state index in [0.717, 1.165) is 73.7 Å². The number of furan rings is 1. The van der Waals surface area contributed by atoms with Crippen molar-refractivity contribution in [3.8, 4) is 22.9 Å². The van der Waals surface area contributed by atoms with Gasteiger partial charge < -0.3 is 8.98 Å². The summed E-state index contributed by atoms with van der Waals surface area (Å²) in [5.41, 5.74) is 13.1. The van der Waals surface area contributed by atoms with Crippen molar-refractivity contribution in [1.29, 1.82) is 0 Å². The zero-order valence-electron chi connectivity index (χ0n) is 34.6. The van der Waals surface area contributed by atoms with E-state index in [1.807, 2.05) is 12.1 Å². The largest absolute Gasteiger partial charge is 0.456 e. The maximum atomic E-state index is 6.42. The van der Waals surface area contributed by atoms with E-state index in [2.05, 4.69) is 182 Å². The fourth-order valence-electron chi connectivity index (χ4n) is 10.8. The zero-order chi connectivity index (χ0) is 40.8. The second-order valence-electron chi connectivity index (χ2n) is 18.4. The van der Waals surface area contributed by atoms with Crippen LogP contribution >= 0.6 is 0 Å². The van der Waals surface area contributed by atoms with Gasteiger partial charge in [0.2, 0.25) is 5.95 Å². The van der Waals surface area contributed by atoms with E-state index >= 15 is 0 Å². The Labute approximate surface area is 352 Å². The number of fused-ring (bicyclic) bond motifs is 14. The first-order chi connectivity index (χ1) is 29.7. The quantitative estimate of drug-likeness (QED) is 0.179. The highest BCUT2D eigenvalue weighted by Crippen LogP contribution is 2.51. The molecule has 0 aliphatic heterocycles. The Bertz CT molecular complexity index is 3820. The number of hydrogen-bond acceptors (Lipinski definition) is 3. The molecule has 0 radical (unpaired) electrons. The summed E-state index contributed by atoms with van der Waals surface area (Å²) < 4.78 is 11.2. The van der Waals surface area contributed by atoms with Gasteiger partial charge in [0.1, 0.15) is 11.2 Å². The summed E-state index contributed by atoms with van der Waals surface area (Å²) in [6, 6.07) is 57.0. The Balaban J connectivity index is 1.20. The Morgan fingerprint density at radius 3 is 1.90 bits per heavy atom. The summed E-state index contributed by atoms with van der Waals surface area (Å²) in [6.07, 6.45) is 2.26. The SMILES string of the molecule is CC1(C)CCC(C)(C)c2cc3c(cc21)c1c2c4c5ccccc5ccc4n(-c4ccccc4)c2ccc1n3-c1nc(-c2ccc3c(c2)oc2ccccc23)c2ccccc2n1. The number of benzene rings is 8. The number of rotatable bonds is 3. The van der Waals surface area contributed by atoms with Crippen molar-refractivity contribution in [3.05, 3.63) is 169 Å². The van der Waals surface area contributed by atoms with E-state index in [4.69, 9.17) is 14.4 Å². The van der Waals surface area contributed by atoms with Gasteiger partial charge in [-0.3, -0.25) is 4.57 Å². The molecule has 8 aromatic carbocycles. The molecule has 13 rings (SSSR count). The standard InChI is InChI=1S/C56H42N4O/c1-55(2)28-29-56(3,4)42-32-47-40(31-41(42)55)51-45(26-27-46-52(51)50-36-17-9-8-14-33(36)23-25-44(50)59(46)35-15-6-5-7-16-35)60(47)54-57-43-20-12-10-19-39(43)53(58-54)34-22-24-38-37-18-11-13-21-48(37)61-49(38)30-34/h5-27,30-32H,28-29H2,1-4H3. The lowest BCUT2D eigenvalue weighted by Gasteiger charge is -2.42. The Morgan fingerprint density at radius 1 is 0.459 bits per heavy atom. The smallest absolute Gasteiger partial charge is 0.235 e. The van der Waals surface area contributed by atoms with Gasteiger partial charge in [0.15, 0.2) is 0 Å². The first-order valence-electron chi connectivity index (χ1n) is 21.5. The third kappa shape index (κ3) is 4.83. The number of hydrogen-bond donors (Lipinski definition) is 0. The summed E-state index contributed by atoms with van der Waals surface area (Å²) in [6.45, 7) is 9.68. The summed E-state index contributed by atoms with van der Waals surface area (Å²) in [7, 11) is 0. The van der Waals surface area contributed by atoms with Gasteiger partial charge in [-0.1, -0.05) is 119 Å². The van der Waals surface area contributed by atoms with Crippen LogP contribution in [0.5, 0.6) is 0 Å². The van der Waals surface area contributed by atoms with Crippen LogP contribution in [0.2, 0.25) is 0 Å². The maximum absolute atomic E-state index is 6.42. The third-order valence-corrected chi connectivity index (χ3v) is 14.0.